The Kier molecular flexibility index (Phi) is 4.21. The number of hydrogen-bond donors (Lipinski definition) is 1. The first-order chi connectivity index (χ1) is 4.83. The van der Waals surface area contributed by atoms with Crippen LogP contribution in [0, 0.1) is 5.41 Å². The Morgan fingerprint density at radius 3 is 2.18 bits per heavy atom. The third-order valence-electron chi connectivity index (χ3n) is 1.44. The van der Waals surface area contributed by atoms with E-state index in [1.807, 2.05) is 0 Å². The van der Waals surface area contributed by atoms with Gasteiger partial charge in [-0.25, -0.2) is 8.51 Å². The summed E-state index contributed by atoms with van der Waals surface area (Å²) in [6.07, 6.45) is 0.926. The number of nitrogens with zero attached hydrogens (tertiary/aromatic N) is 1. The fraction of sp³-hybridized carbons (Fsp3) is 1.00. The topological polar surface area (TPSA) is 40.5 Å². The summed E-state index contributed by atoms with van der Waals surface area (Å²) in [7, 11) is 1.64. The van der Waals surface area contributed by atoms with Crippen molar-refractivity contribution in [2.24, 2.45) is 5.41 Å². The van der Waals surface area contributed by atoms with E-state index in [0.29, 0.717) is 6.54 Å². The molecule has 0 aromatic rings. The Bertz CT molecular complexity index is 142. The van der Waals surface area contributed by atoms with Gasteiger partial charge in [-0.3, -0.25) is 4.55 Å². The Morgan fingerprint density at radius 1 is 1.45 bits per heavy atom. The van der Waals surface area contributed by atoms with Crippen molar-refractivity contribution < 1.29 is 8.76 Å². The van der Waals surface area contributed by atoms with Gasteiger partial charge in [-0.15, -0.1) is 0 Å². The minimum Gasteiger partial charge on any atom is -0.294 e. The molecule has 0 heterocycles. The van der Waals surface area contributed by atoms with Crippen molar-refractivity contribution in [2.75, 3.05) is 13.6 Å². The largest absolute Gasteiger partial charge is 0.294 e. The van der Waals surface area contributed by atoms with Crippen LogP contribution < -0.4 is 0 Å². The highest BCUT2D eigenvalue weighted by Crippen LogP contribution is 2.18. The molecule has 0 fully saturated rings. The quantitative estimate of drug-likeness (QED) is 0.667. The highest BCUT2D eigenvalue weighted by molar-refractivity contribution is 7.76. The van der Waals surface area contributed by atoms with Crippen molar-refractivity contribution in [1.29, 1.82) is 0 Å². The molecule has 0 aliphatic carbocycles. The van der Waals surface area contributed by atoms with E-state index in [4.69, 9.17) is 4.55 Å². The van der Waals surface area contributed by atoms with Gasteiger partial charge in [0.2, 0.25) is 11.3 Å². The maximum Gasteiger partial charge on any atom is 0.234 e. The molecule has 0 aromatic carbocycles. The molecule has 4 heteroatoms. The van der Waals surface area contributed by atoms with Crippen LogP contribution in [0.25, 0.3) is 0 Å². The van der Waals surface area contributed by atoms with Crippen molar-refractivity contribution in [3.63, 3.8) is 0 Å². The molecular weight excluding hydrogens is 162 g/mol. The van der Waals surface area contributed by atoms with Crippen molar-refractivity contribution >= 4 is 11.3 Å². The zero-order valence-corrected chi connectivity index (χ0v) is 8.44. The normalized spacial score (nSPS) is 15.5. The van der Waals surface area contributed by atoms with Gasteiger partial charge in [0.1, 0.15) is 0 Å². The van der Waals surface area contributed by atoms with E-state index in [1.54, 1.807) is 7.05 Å². The molecule has 0 aliphatic rings. The average molecular weight is 179 g/mol. The van der Waals surface area contributed by atoms with Crippen LogP contribution in [0.4, 0.5) is 0 Å². The lowest BCUT2D eigenvalue weighted by atomic mass is 9.92. The average Bonchev–Trinajstić information content (AvgIpc) is 1.80. The van der Waals surface area contributed by atoms with Gasteiger partial charge in [0, 0.05) is 13.6 Å². The van der Waals surface area contributed by atoms with Gasteiger partial charge < -0.3 is 0 Å². The molecule has 0 saturated carbocycles. The molecule has 0 aromatic heterocycles. The lowest BCUT2D eigenvalue weighted by Crippen LogP contribution is -2.25. The lowest BCUT2D eigenvalue weighted by molar-refractivity contribution is 0.328. The standard InChI is InChI=1S/C7H17NO2S/c1-7(2,3)5-6-8(4)11(9)10/h5-6H2,1-4H3,(H,9,10). The van der Waals surface area contributed by atoms with Gasteiger partial charge in [0.15, 0.2) is 0 Å². The van der Waals surface area contributed by atoms with Crippen molar-refractivity contribution in [1.82, 2.24) is 4.31 Å². The fourth-order valence-corrected chi connectivity index (χ4v) is 0.818. The highest BCUT2D eigenvalue weighted by atomic mass is 32.2. The SMILES string of the molecule is CN(CCC(C)(C)C)S(=O)O. The van der Waals surface area contributed by atoms with Crippen LogP contribution >= 0.6 is 0 Å². The first kappa shape index (κ1) is 11.1. The van der Waals surface area contributed by atoms with Gasteiger partial charge >= 0.3 is 0 Å². The Balaban J connectivity index is 3.63. The second-order valence-electron chi connectivity index (χ2n) is 3.89. The van der Waals surface area contributed by atoms with Gasteiger partial charge in [0.05, 0.1) is 0 Å². The molecule has 0 radical (unpaired) electrons. The predicted octanol–water partition coefficient (Wildman–Crippen LogP) is 1.49. The monoisotopic (exact) mass is 179 g/mol. The molecule has 1 N–H and O–H groups in total. The second-order valence-corrected chi connectivity index (χ2v) is 4.98. The van der Waals surface area contributed by atoms with Gasteiger partial charge in [-0.2, -0.15) is 0 Å². The van der Waals surface area contributed by atoms with Crippen LogP contribution in [0.5, 0.6) is 0 Å². The van der Waals surface area contributed by atoms with E-state index in [9.17, 15) is 4.21 Å². The first-order valence-electron chi connectivity index (χ1n) is 3.65. The number of hydrogen-bond acceptors (Lipinski definition) is 1. The zero-order chi connectivity index (χ0) is 9.07. The summed E-state index contributed by atoms with van der Waals surface area (Å²) in [4.78, 5) is 0. The van der Waals surface area contributed by atoms with Crippen LogP contribution in [0.3, 0.4) is 0 Å². The van der Waals surface area contributed by atoms with Crippen LogP contribution in [0.2, 0.25) is 0 Å². The molecule has 3 nitrogen and oxygen atoms in total. The number of rotatable bonds is 3. The molecule has 11 heavy (non-hydrogen) atoms. The minimum absolute atomic E-state index is 0.230. The van der Waals surface area contributed by atoms with Gasteiger partial charge in [-0.05, 0) is 11.8 Å². The van der Waals surface area contributed by atoms with Gasteiger partial charge in [0.25, 0.3) is 0 Å². The molecule has 0 aliphatic heterocycles. The predicted molar refractivity (Wildman–Crippen MR) is 47.5 cm³/mol. The van der Waals surface area contributed by atoms with E-state index in [-0.39, 0.29) is 5.41 Å². The van der Waals surface area contributed by atoms with Crippen molar-refractivity contribution in [3.05, 3.63) is 0 Å². The van der Waals surface area contributed by atoms with Gasteiger partial charge in [-0.1, -0.05) is 20.8 Å². The van der Waals surface area contributed by atoms with Crippen LogP contribution in [0.15, 0.2) is 0 Å². The van der Waals surface area contributed by atoms with Crippen LogP contribution in [-0.4, -0.2) is 26.7 Å². The third kappa shape index (κ3) is 6.47. The molecule has 68 valence electrons. The van der Waals surface area contributed by atoms with Crippen LogP contribution in [-0.2, 0) is 11.3 Å². The first-order valence-corrected chi connectivity index (χ1v) is 4.71. The van der Waals surface area contributed by atoms with Crippen molar-refractivity contribution in [3.8, 4) is 0 Å². The molecule has 0 amide bonds. The molecule has 1 atom stereocenters. The fourth-order valence-electron chi connectivity index (χ4n) is 0.571. The summed E-state index contributed by atoms with van der Waals surface area (Å²) in [5.74, 6) is 0. The summed E-state index contributed by atoms with van der Waals surface area (Å²) in [5.41, 5.74) is 0.230. The van der Waals surface area contributed by atoms with Crippen molar-refractivity contribution in [2.45, 2.75) is 27.2 Å². The Morgan fingerprint density at radius 2 is 1.91 bits per heavy atom. The molecule has 0 rings (SSSR count). The molecule has 0 spiro atoms. The Hall–Kier alpha value is 0.0700. The van der Waals surface area contributed by atoms with Crippen LogP contribution in [0.1, 0.15) is 27.2 Å². The van der Waals surface area contributed by atoms with E-state index in [2.05, 4.69) is 20.8 Å². The summed E-state index contributed by atoms with van der Waals surface area (Å²) in [6, 6.07) is 0. The molecule has 0 bridgehead atoms. The Labute approximate surface area is 71.2 Å². The smallest absolute Gasteiger partial charge is 0.234 e. The molecule has 1 unspecified atom stereocenters. The lowest BCUT2D eigenvalue weighted by Gasteiger charge is -2.20. The summed E-state index contributed by atoms with van der Waals surface area (Å²) < 4.78 is 20.5. The summed E-state index contributed by atoms with van der Waals surface area (Å²) >= 11 is -1.81. The van der Waals surface area contributed by atoms with E-state index in [1.165, 1.54) is 4.31 Å². The zero-order valence-electron chi connectivity index (χ0n) is 7.63. The maximum absolute atomic E-state index is 10.5. The molecule has 0 saturated heterocycles. The molecular formula is C7H17NO2S. The highest BCUT2D eigenvalue weighted by Gasteiger charge is 2.12. The second kappa shape index (κ2) is 4.18. The van der Waals surface area contributed by atoms with E-state index < -0.39 is 11.3 Å². The minimum atomic E-state index is -1.81. The third-order valence-corrected chi connectivity index (χ3v) is 2.16. The van der Waals surface area contributed by atoms with E-state index >= 15 is 0 Å². The van der Waals surface area contributed by atoms with E-state index in [0.717, 1.165) is 6.42 Å². The summed E-state index contributed by atoms with van der Waals surface area (Å²) in [6.45, 7) is 7.00. The summed E-state index contributed by atoms with van der Waals surface area (Å²) in [5, 5.41) is 0. The maximum atomic E-state index is 10.5.